The second-order valence-electron chi connectivity index (χ2n) is 10.3. The lowest BCUT2D eigenvalue weighted by molar-refractivity contribution is -0.0117. The smallest absolute Gasteiger partial charge is 0.0900 e. The van der Waals surface area contributed by atoms with E-state index in [-0.39, 0.29) is 0 Å². The third kappa shape index (κ3) is 22.0. The molecule has 0 fully saturated rings. The average molecular weight is 474 g/mol. The normalized spacial score (nSPS) is 15.6. The molecule has 5 nitrogen and oxygen atoms in total. The summed E-state index contributed by atoms with van der Waals surface area (Å²) >= 11 is 0. The van der Waals surface area contributed by atoms with Gasteiger partial charge in [-0.05, 0) is 50.5 Å². The van der Waals surface area contributed by atoms with E-state index in [4.69, 9.17) is 9.47 Å². The maximum Gasteiger partial charge on any atom is 0.0900 e. The van der Waals surface area contributed by atoms with Crippen molar-refractivity contribution in [3.63, 3.8) is 0 Å². The molecule has 2 N–H and O–H groups in total. The van der Waals surface area contributed by atoms with Gasteiger partial charge in [-0.25, -0.2) is 0 Å². The summed E-state index contributed by atoms with van der Waals surface area (Å²) in [7, 11) is 0. The summed E-state index contributed by atoms with van der Waals surface area (Å²) in [6.45, 7) is 15.4. The lowest BCUT2D eigenvalue weighted by Gasteiger charge is -2.27. The topological polar surface area (TPSA) is 62.2 Å². The van der Waals surface area contributed by atoms with Crippen molar-refractivity contribution in [1.82, 2.24) is 4.90 Å². The number of aliphatic hydroxyl groups excluding tert-OH is 2. The average Bonchev–Trinajstić information content (AvgIpc) is 2.80. The van der Waals surface area contributed by atoms with Crippen LogP contribution in [-0.2, 0) is 9.47 Å². The van der Waals surface area contributed by atoms with Gasteiger partial charge >= 0.3 is 0 Å². The van der Waals surface area contributed by atoms with Crippen LogP contribution >= 0.6 is 0 Å². The van der Waals surface area contributed by atoms with Gasteiger partial charge in [0.15, 0.2) is 0 Å². The van der Waals surface area contributed by atoms with Crippen molar-refractivity contribution in [2.24, 2.45) is 11.8 Å². The first kappa shape index (κ1) is 32.8. The van der Waals surface area contributed by atoms with Crippen molar-refractivity contribution in [2.45, 2.75) is 124 Å². The molecule has 200 valence electrons. The van der Waals surface area contributed by atoms with E-state index in [1.165, 1.54) is 57.8 Å². The first-order valence-corrected chi connectivity index (χ1v) is 14.2. The molecule has 0 amide bonds. The molecule has 0 aromatic rings. The van der Waals surface area contributed by atoms with Crippen molar-refractivity contribution < 1.29 is 19.7 Å². The minimum absolute atomic E-state index is 0.371. The Labute approximate surface area is 206 Å². The molecule has 0 aliphatic rings. The van der Waals surface area contributed by atoms with Crippen LogP contribution in [0.15, 0.2) is 0 Å². The zero-order valence-electron chi connectivity index (χ0n) is 22.9. The standard InChI is InChI=1S/C28H59NO4/c1-6-9-10-11-12-13-18-29(21-27(30)23-32-19-14-16-25(4)7-2)22-28(31)24-33-20-15-17-26(5)8-3/h25-28,30-31H,6-24H2,1-5H3. The van der Waals surface area contributed by atoms with E-state index in [2.05, 4.69) is 39.5 Å². The largest absolute Gasteiger partial charge is 0.389 e. The number of nitrogens with zero attached hydrogens (tertiary/aromatic N) is 1. The SMILES string of the molecule is CCCCCCCCN(CC(O)COCCCC(C)CC)CC(O)COCCCC(C)CC. The summed E-state index contributed by atoms with van der Waals surface area (Å²) < 4.78 is 11.4. The summed E-state index contributed by atoms with van der Waals surface area (Å²) in [5.41, 5.74) is 0. The molecule has 4 atom stereocenters. The van der Waals surface area contributed by atoms with Crippen LogP contribution in [0.25, 0.3) is 0 Å². The molecule has 0 radical (unpaired) electrons. The summed E-state index contributed by atoms with van der Waals surface area (Å²) in [5.74, 6) is 1.48. The van der Waals surface area contributed by atoms with Gasteiger partial charge in [-0.2, -0.15) is 0 Å². The Hall–Kier alpha value is -0.200. The van der Waals surface area contributed by atoms with Crippen LogP contribution in [-0.4, -0.2) is 73.4 Å². The van der Waals surface area contributed by atoms with Crippen LogP contribution in [0.2, 0.25) is 0 Å². The lowest BCUT2D eigenvalue weighted by atomic mass is 10.0. The Balaban J connectivity index is 4.26. The fourth-order valence-corrected chi connectivity index (χ4v) is 3.99. The minimum atomic E-state index is -0.516. The molecule has 0 aromatic carbocycles. The highest BCUT2D eigenvalue weighted by atomic mass is 16.5. The van der Waals surface area contributed by atoms with Crippen LogP contribution in [0.4, 0.5) is 0 Å². The van der Waals surface area contributed by atoms with E-state index in [1.807, 2.05) is 0 Å². The zero-order valence-corrected chi connectivity index (χ0v) is 22.9. The predicted molar refractivity (Wildman–Crippen MR) is 141 cm³/mol. The molecule has 0 bridgehead atoms. The monoisotopic (exact) mass is 473 g/mol. The Morgan fingerprint density at radius 1 is 0.636 bits per heavy atom. The number of rotatable bonds is 25. The number of hydrogen-bond donors (Lipinski definition) is 2. The van der Waals surface area contributed by atoms with E-state index in [1.54, 1.807) is 0 Å². The molecule has 0 aliphatic carbocycles. The van der Waals surface area contributed by atoms with Gasteiger partial charge in [0.2, 0.25) is 0 Å². The Bertz CT molecular complexity index is 368. The Morgan fingerprint density at radius 2 is 1.09 bits per heavy atom. The molecule has 0 aliphatic heterocycles. The summed E-state index contributed by atoms with van der Waals surface area (Å²) in [4.78, 5) is 2.19. The molecule has 0 spiro atoms. The third-order valence-electron chi connectivity index (χ3n) is 6.75. The van der Waals surface area contributed by atoms with Gasteiger partial charge in [-0.15, -0.1) is 0 Å². The van der Waals surface area contributed by atoms with E-state index >= 15 is 0 Å². The van der Waals surface area contributed by atoms with E-state index in [9.17, 15) is 10.2 Å². The third-order valence-corrected chi connectivity index (χ3v) is 6.75. The molecular formula is C28H59NO4. The first-order valence-electron chi connectivity index (χ1n) is 14.2. The maximum atomic E-state index is 10.5. The van der Waals surface area contributed by atoms with Crippen LogP contribution in [0.1, 0.15) is 112 Å². The molecule has 33 heavy (non-hydrogen) atoms. The highest BCUT2D eigenvalue weighted by molar-refractivity contribution is 4.69. The lowest BCUT2D eigenvalue weighted by Crippen LogP contribution is -2.41. The molecule has 0 aromatic heterocycles. The maximum absolute atomic E-state index is 10.5. The summed E-state index contributed by atoms with van der Waals surface area (Å²) in [6, 6.07) is 0. The molecule has 0 heterocycles. The predicted octanol–water partition coefficient (Wildman–Crippen LogP) is 6.06. The Kier molecular flexibility index (Phi) is 23.4. The number of hydrogen-bond acceptors (Lipinski definition) is 5. The number of aliphatic hydroxyl groups is 2. The second-order valence-corrected chi connectivity index (χ2v) is 10.3. The van der Waals surface area contributed by atoms with Crippen LogP contribution < -0.4 is 0 Å². The van der Waals surface area contributed by atoms with E-state index < -0.39 is 12.2 Å². The second kappa shape index (κ2) is 23.5. The van der Waals surface area contributed by atoms with Crippen molar-refractivity contribution >= 4 is 0 Å². The first-order chi connectivity index (χ1) is 15.9. The Morgan fingerprint density at radius 3 is 1.55 bits per heavy atom. The van der Waals surface area contributed by atoms with Gasteiger partial charge < -0.3 is 19.7 Å². The highest BCUT2D eigenvalue weighted by Crippen LogP contribution is 2.11. The summed E-state index contributed by atoms with van der Waals surface area (Å²) in [6.07, 6.45) is 13.3. The van der Waals surface area contributed by atoms with Crippen molar-refractivity contribution in [3.05, 3.63) is 0 Å². The molecule has 0 saturated carbocycles. The van der Waals surface area contributed by atoms with Crippen LogP contribution in [0.5, 0.6) is 0 Å². The van der Waals surface area contributed by atoms with Gasteiger partial charge in [0, 0.05) is 26.3 Å². The van der Waals surface area contributed by atoms with Crippen LogP contribution in [0.3, 0.4) is 0 Å². The van der Waals surface area contributed by atoms with Crippen molar-refractivity contribution in [1.29, 1.82) is 0 Å². The van der Waals surface area contributed by atoms with E-state index in [0.29, 0.717) is 39.5 Å². The zero-order chi connectivity index (χ0) is 24.7. The van der Waals surface area contributed by atoms with Gasteiger partial charge in [0.25, 0.3) is 0 Å². The van der Waals surface area contributed by atoms with Gasteiger partial charge in [-0.1, -0.05) is 79.6 Å². The molecular weight excluding hydrogens is 414 g/mol. The molecule has 5 heteroatoms. The fourth-order valence-electron chi connectivity index (χ4n) is 3.99. The number of unbranched alkanes of at least 4 members (excludes halogenated alkanes) is 5. The quantitative estimate of drug-likeness (QED) is 0.158. The fraction of sp³-hybridized carbons (Fsp3) is 1.00. The van der Waals surface area contributed by atoms with Gasteiger partial charge in [0.1, 0.15) is 0 Å². The van der Waals surface area contributed by atoms with Gasteiger partial charge in [0.05, 0.1) is 25.4 Å². The summed E-state index contributed by atoms with van der Waals surface area (Å²) in [5, 5.41) is 21.0. The highest BCUT2D eigenvalue weighted by Gasteiger charge is 2.16. The molecule has 0 rings (SSSR count). The van der Waals surface area contributed by atoms with E-state index in [0.717, 1.165) is 37.6 Å². The minimum Gasteiger partial charge on any atom is -0.389 e. The van der Waals surface area contributed by atoms with Crippen LogP contribution in [0, 0.1) is 11.8 Å². The number of ether oxygens (including phenoxy) is 2. The van der Waals surface area contributed by atoms with Gasteiger partial charge in [-0.3, -0.25) is 4.90 Å². The molecule has 4 unspecified atom stereocenters. The van der Waals surface area contributed by atoms with Crippen molar-refractivity contribution in [2.75, 3.05) is 46.1 Å². The van der Waals surface area contributed by atoms with Crippen molar-refractivity contribution in [3.8, 4) is 0 Å². The molecule has 0 saturated heterocycles.